The third-order valence-electron chi connectivity index (χ3n) is 7.88. The van der Waals surface area contributed by atoms with Crippen LogP contribution in [-0.2, 0) is 13.6 Å². The highest BCUT2D eigenvalue weighted by Crippen LogP contribution is 2.37. The van der Waals surface area contributed by atoms with Gasteiger partial charge in [0.2, 0.25) is 0 Å². The van der Waals surface area contributed by atoms with Crippen LogP contribution >= 0.6 is 0 Å². The van der Waals surface area contributed by atoms with E-state index in [1.807, 2.05) is 49.2 Å². The Morgan fingerprint density at radius 3 is 2.51 bits per heavy atom. The van der Waals surface area contributed by atoms with Gasteiger partial charge in [-0.1, -0.05) is 38.1 Å². The summed E-state index contributed by atoms with van der Waals surface area (Å²) < 4.78 is 5.54. The van der Waals surface area contributed by atoms with Crippen molar-refractivity contribution in [1.82, 2.24) is 39.2 Å². The molecule has 0 aliphatic heterocycles. The van der Waals surface area contributed by atoms with Crippen LogP contribution in [0, 0.1) is 13.8 Å². The summed E-state index contributed by atoms with van der Waals surface area (Å²) in [7, 11) is 5.32. The van der Waals surface area contributed by atoms with E-state index in [2.05, 4.69) is 38.0 Å². The molecule has 1 atom stereocenters. The molecule has 1 N–H and O–H groups in total. The Labute approximate surface area is 250 Å². The molecule has 43 heavy (non-hydrogen) atoms. The summed E-state index contributed by atoms with van der Waals surface area (Å²) in [5, 5.41) is 27.4. The van der Waals surface area contributed by atoms with Gasteiger partial charge in [0.05, 0.1) is 35.2 Å². The van der Waals surface area contributed by atoms with E-state index in [-0.39, 0.29) is 18.4 Å². The number of rotatable bonds is 7. The Bertz CT molecular complexity index is 2000. The first-order valence-electron chi connectivity index (χ1n) is 14.4. The molecule has 0 radical (unpaired) electrons. The molecular formula is C33H36N8O2. The van der Waals surface area contributed by atoms with Gasteiger partial charge in [0, 0.05) is 66.7 Å². The van der Waals surface area contributed by atoms with E-state index in [4.69, 9.17) is 15.2 Å². The lowest BCUT2D eigenvalue weighted by Gasteiger charge is -2.14. The van der Waals surface area contributed by atoms with Gasteiger partial charge < -0.3 is 10.0 Å². The van der Waals surface area contributed by atoms with E-state index >= 15 is 0 Å². The predicted octanol–water partition coefficient (Wildman–Crippen LogP) is 5.35. The smallest absolute Gasteiger partial charge is 0.253 e. The second-order valence-electron chi connectivity index (χ2n) is 11.7. The topological polar surface area (TPSA) is 107 Å². The van der Waals surface area contributed by atoms with Crippen molar-refractivity contribution in [2.24, 2.45) is 7.05 Å². The van der Waals surface area contributed by atoms with Gasteiger partial charge in [-0.15, -0.1) is 0 Å². The first-order valence-corrected chi connectivity index (χ1v) is 14.4. The molecule has 10 heteroatoms. The summed E-state index contributed by atoms with van der Waals surface area (Å²) in [6.45, 7) is 8.70. The molecule has 0 aliphatic carbocycles. The second-order valence-corrected chi connectivity index (χ2v) is 11.7. The van der Waals surface area contributed by atoms with E-state index in [0.717, 1.165) is 50.2 Å². The van der Waals surface area contributed by atoms with Gasteiger partial charge in [-0.25, -0.2) is 9.67 Å². The number of amides is 1. The first-order chi connectivity index (χ1) is 20.5. The third kappa shape index (κ3) is 5.08. The Kier molecular flexibility index (Phi) is 7.09. The van der Waals surface area contributed by atoms with Gasteiger partial charge in [0.25, 0.3) is 5.91 Å². The maximum Gasteiger partial charge on any atom is 0.253 e. The van der Waals surface area contributed by atoms with Crippen LogP contribution in [0.25, 0.3) is 38.9 Å². The molecule has 6 aromatic rings. The Morgan fingerprint density at radius 2 is 1.77 bits per heavy atom. The van der Waals surface area contributed by atoms with E-state index in [1.165, 1.54) is 4.90 Å². The van der Waals surface area contributed by atoms with Crippen molar-refractivity contribution in [3.8, 4) is 16.9 Å². The average molecular weight is 577 g/mol. The van der Waals surface area contributed by atoms with Crippen molar-refractivity contribution >= 4 is 27.8 Å². The van der Waals surface area contributed by atoms with Gasteiger partial charge in [0.1, 0.15) is 0 Å². The van der Waals surface area contributed by atoms with Crippen LogP contribution < -0.4 is 0 Å². The normalized spacial score (nSPS) is 12.5. The zero-order valence-corrected chi connectivity index (χ0v) is 25.6. The molecule has 0 fully saturated rings. The average Bonchev–Trinajstić information content (AvgIpc) is 3.65. The maximum atomic E-state index is 12.4. The molecular weight excluding hydrogens is 540 g/mol. The highest BCUT2D eigenvalue weighted by molar-refractivity contribution is 5.95. The van der Waals surface area contributed by atoms with E-state index in [1.54, 1.807) is 41.7 Å². The molecule has 0 aliphatic rings. The largest absolute Gasteiger partial charge is 0.386 e. The van der Waals surface area contributed by atoms with E-state index in [0.29, 0.717) is 16.8 Å². The Balaban J connectivity index is 1.40. The van der Waals surface area contributed by atoms with Crippen LogP contribution in [0.15, 0.2) is 60.9 Å². The quantitative estimate of drug-likeness (QED) is 0.275. The summed E-state index contributed by atoms with van der Waals surface area (Å²) in [5.41, 5.74) is 8.62. The van der Waals surface area contributed by atoms with Crippen molar-refractivity contribution in [1.29, 1.82) is 0 Å². The molecule has 10 nitrogen and oxygen atoms in total. The summed E-state index contributed by atoms with van der Waals surface area (Å²) in [6, 6.07) is 15.3. The van der Waals surface area contributed by atoms with E-state index in [9.17, 15) is 9.90 Å². The Morgan fingerprint density at radius 1 is 1.00 bits per heavy atom. The SMILES string of the molecule is Cc1nc2nn(C)cc2cc1-n1nc(-c2cccc3nn(C[C@H](O)c4cccc(C(=O)N(C)C)c4)cc23)c(C(C)C)c1C. The summed E-state index contributed by atoms with van der Waals surface area (Å²) >= 11 is 0. The van der Waals surface area contributed by atoms with Crippen molar-refractivity contribution < 1.29 is 9.90 Å². The number of nitrogens with zero attached hydrogens (tertiary/aromatic N) is 8. The highest BCUT2D eigenvalue weighted by atomic mass is 16.3. The Hall–Kier alpha value is -4.83. The monoisotopic (exact) mass is 576 g/mol. The number of benzene rings is 2. The summed E-state index contributed by atoms with van der Waals surface area (Å²) in [5.74, 6) is 0.119. The van der Waals surface area contributed by atoms with Crippen molar-refractivity contribution in [3.63, 3.8) is 0 Å². The number of hydrogen-bond donors (Lipinski definition) is 1. The minimum absolute atomic E-state index is 0.106. The number of pyridine rings is 1. The molecule has 220 valence electrons. The molecule has 4 heterocycles. The van der Waals surface area contributed by atoms with Crippen LogP contribution in [0.1, 0.15) is 58.7 Å². The lowest BCUT2D eigenvalue weighted by Crippen LogP contribution is -2.22. The predicted molar refractivity (Wildman–Crippen MR) is 167 cm³/mol. The van der Waals surface area contributed by atoms with Crippen LogP contribution in [0.5, 0.6) is 0 Å². The molecule has 0 saturated heterocycles. The number of aliphatic hydroxyl groups is 1. The summed E-state index contributed by atoms with van der Waals surface area (Å²) in [6.07, 6.45) is 3.10. The molecule has 0 bridgehead atoms. The number of aryl methyl sites for hydroxylation is 2. The van der Waals surface area contributed by atoms with E-state index < -0.39 is 6.10 Å². The van der Waals surface area contributed by atoms with Gasteiger partial charge in [-0.2, -0.15) is 15.3 Å². The van der Waals surface area contributed by atoms with Gasteiger partial charge in [-0.3, -0.25) is 14.2 Å². The van der Waals surface area contributed by atoms with Crippen LogP contribution in [0.3, 0.4) is 0 Å². The molecule has 6 rings (SSSR count). The number of hydrogen-bond acceptors (Lipinski definition) is 6. The standard InChI is InChI=1S/C33H36N8O2/c1-19(2)30-21(4)41(28-15-24-16-39(7)37-32(24)34-20(28)3)36-31(30)25-12-9-13-27-26(25)17-40(35-27)18-29(42)22-10-8-11-23(14-22)33(43)38(5)6/h8-17,19,29,42H,18H2,1-7H3/t29-/m0/s1. The zero-order chi connectivity index (χ0) is 30.6. The molecule has 0 saturated carbocycles. The fourth-order valence-corrected chi connectivity index (χ4v) is 5.82. The number of carbonyl (C=O) groups excluding carboxylic acids is 1. The minimum Gasteiger partial charge on any atom is -0.386 e. The molecule has 0 spiro atoms. The molecule has 0 unspecified atom stereocenters. The van der Waals surface area contributed by atoms with Crippen molar-refractivity contribution in [3.05, 3.63) is 89.0 Å². The number of fused-ring (bicyclic) bond motifs is 2. The summed E-state index contributed by atoms with van der Waals surface area (Å²) in [4.78, 5) is 18.7. The van der Waals surface area contributed by atoms with Gasteiger partial charge in [0.15, 0.2) is 5.65 Å². The highest BCUT2D eigenvalue weighted by Gasteiger charge is 2.23. The van der Waals surface area contributed by atoms with Crippen molar-refractivity contribution in [2.45, 2.75) is 46.3 Å². The first kappa shape index (κ1) is 28.3. The zero-order valence-electron chi connectivity index (χ0n) is 25.6. The fourth-order valence-electron chi connectivity index (χ4n) is 5.82. The number of aliphatic hydroxyl groups excluding tert-OH is 1. The van der Waals surface area contributed by atoms with Crippen molar-refractivity contribution in [2.75, 3.05) is 14.1 Å². The molecule has 2 aromatic carbocycles. The minimum atomic E-state index is -0.835. The number of carbonyl (C=O) groups is 1. The maximum absolute atomic E-state index is 12.4. The lowest BCUT2D eigenvalue weighted by atomic mass is 9.95. The van der Waals surface area contributed by atoms with Gasteiger partial charge in [-0.05, 0) is 49.6 Å². The van der Waals surface area contributed by atoms with Crippen LogP contribution in [0.4, 0.5) is 0 Å². The second kappa shape index (κ2) is 10.8. The lowest BCUT2D eigenvalue weighted by molar-refractivity contribution is 0.0827. The van der Waals surface area contributed by atoms with Crippen LogP contribution in [0.2, 0.25) is 0 Å². The molecule has 1 amide bonds. The third-order valence-corrected chi connectivity index (χ3v) is 7.88. The van der Waals surface area contributed by atoms with Gasteiger partial charge >= 0.3 is 0 Å². The molecule has 4 aromatic heterocycles. The fraction of sp³-hybridized carbons (Fsp3) is 0.303. The van der Waals surface area contributed by atoms with Crippen LogP contribution in [-0.4, -0.2) is 64.3 Å². The number of aromatic nitrogens is 7.